The molecule has 0 bridgehead atoms. The Hall–Kier alpha value is -2.33. The molecule has 0 amide bonds. The largest absolute Gasteiger partial charge is 0.382 e. The number of halogens is 1. The predicted molar refractivity (Wildman–Crippen MR) is 74.6 cm³/mol. The first-order chi connectivity index (χ1) is 8.61. The van der Waals surface area contributed by atoms with Gasteiger partial charge in [-0.15, -0.1) is 0 Å². The number of amidine groups is 1. The highest BCUT2D eigenvalue weighted by Crippen LogP contribution is 2.27. The summed E-state index contributed by atoms with van der Waals surface area (Å²) in [7, 11) is 0. The molecule has 1 aromatic carbocycles. The summed E-state index contributed by atoms with van der Waals surface area (Å²) in [6.45, 7) is 0. The van der Waals surface area contributed by atoms with Gasteiger partial charge in [-0.05, 0) is 34.1 Å². The lowest BCUT2D eigenvalue weighted by molar-refractivity contribution is 1.33. The van der Waals surface area contributed by atoms with Crippen LogP contribution in [-0.2, 0) is 0 Å². The average molecular weight is 305 g/mol. The fourth-order valence-electron chi connectivity index (χ4n) is 1.46. The number of nitrogens with zero attached hydrogens (tertiary/aromatic N) is 2. The van der Waals surface area contributed by atoms with E-state index in [1.807, 2.05) is 24.4 Å². The van der Waals surface area contributed by atoms with Crippen LogP contribution < -0.4 is 11.2 Å². The standard InChI is InChI=1S/C11H9BrN6/c12-8-4-7(3-6-1-2-16-10(6)8)17-18-9(5-13)11(14)15/h1-4,16-17H,(H3,14,15)/b18-9+. The SMILES string of the molecule is N#C/C(=N\Nc1cc(Br)c2[nH]ccc2c1)C(=N)N. The van der Waals surface area contributed by atoms with Gasteiger partial charge in [0.2, 0.25) is 5.71 Å². The number of hydrogen-bond donors (Lipinski definition) is 4. The Morgan fingerprint density at radius 3 is 3.00 bits per heavy atom. The Bertz CT molecular complexity index is 678. The van der Waals surface area contributed by atoms with Crippen LogP contribution >= 0.6 is 15.9 Å². The molecule has 0 aliphatic heterocycles. The van der Waals surface area contributed by atoms with Gasteiger partial charge in [-0.1, -0.05) is 0 Å². The first-order valence-corrected chi connectivity index (χ1v) is 5.76. The van der Waals surface area contributed by atoms with Gasteiger partial charge in [0.25, 0.3) is 0 Å². The Morgan fingerprint density at radius 2 is 2.33 bits per heavy atom. The predicted octanol–water partition coefficient (Wildman–Crippen LogP) is 2.16. The maximum atomic E-state index is 8.71. The molecule has 0 aliphatic rings. The molecule has 0 unspecified atom stereocenters. The second kappa shape index (κ2) is 4.89. The van der Waals surface area contributed by atoms with Crippen molar-refractivity contribution < 1.29 is 0 Å². The van der Waals surface area contributed by atoms with Gasteiger partial charge in [-0.3, -0.25) is 10.8 Å². The summed E-state index contributed by atoms with van der Waals surface area (Å²) >= 11 is 3.43. The number of aromatic amines is 1. The third-order valence-electron chi connectivity index (χ3n) is 2.27. The fraction of sp³-hybridized carbons (Fsp3) is 0. The third-order valence-corrected chi connectivity index (χ3v) is 2.89. The second-order valence-corrected chi connectivity index (χ2v) is 4.35. The molecule has 7 heteroatoms. The highest BCUT2D eigenvalue weighted by atomic mass is 79.9. The lowest BCUT2D eigenvalue weighted by atomic mass is 10.2. The Labute approximate surface area is 111 Å². The molecule has 0 radical (unpaired) electrons. The zero-order valence-electron chi connectivity index (χ0n) is 9.16. The Kier molecular flexibility index (Phi) is 3.30. The van der Waals surface area contributed by atoms with Crippen molar-refractivity contribution in [3.63, 3.8) is 0 Å². The monoisotopic (exact) mass is 304 g/mol. The van der Waals surface area contributed by atoms with Crippen molar-refractivity contribution >= 4 is 44.1 Å². The molecular weight excluding hydrogens is 296 g/mol. The van der Waals surface area contributed by atoms with Gasteiger partial charge in [0, 0.05) is 16.1 Å². The summed E-state index contributed by atoms with van der Waals surface area (Å²) in [5, 5.41) is 20.6. The molecule has 0 spiro atoms. The Morgan fingerprint density at radius 1 is 1.56 bits per heavy atom. The van der Waals surface area contributed by atoms with Crippen molar-refractivity contribution in [2.45, 2.75) is 0 Å². The van der Waals surface area contributed by atoms with Crippen LogP contribution in [0.1, 0.15) is 0 Å². The zero-order valence-corrected chi connectivity index (χ0v) is 10.7. The van der Waals surface area contributed by atoms with E-state index in [9.17, 15) is 0 Å². The number of rotatable bonds is 3. The van der Waals surface area contributed by atoms with E-state index in [4.69, 9.17) is 16.4 Å². The highest BCUT2D eigenvalue weighted by molar-refractivity contribution is 9.10. The van der Waals surface area contributed by atoms with Crippen molar-refractivity contribution in [1.29, 1.82) is 10.7 Å². The minimum Gasteiger partial charge on any atom is -0.382 e. The molecular formula is C11H9BrN6. The topological polar surface area (TPSA) is 114 Å². The molecule has 2 rings (SSSR count). The molecule has 6 nitrogen and oxygen atoms in total. The number of nitrogens with two attached hydrogens (primary N) is 1. The fourth-order valence-corrected chi connectivity index (χ4v) is 2.05. The van der Waals surface area contributed by atoms with E-state index in [1.54, 1.807) is 6.07 Å². The highest BCUT2D eigenvalue weighted by Gasteiger charge is 2.04. The van der Waals surface area contributed by atoms with E-state index < -0.39 is 0 Å². The van der Waals surface area contributed by atoms with Crippen LogP contribution in [0.15, 0.2) is 34.0 Å². The Balaban J connectivity index is 2.33. The van der Waals surface area contributed by atoms with Crippen LogP contribution in [0.3, 0.4) is 0 Å². The lowest BCUT2D eigenvalue weighted by Crippen LogP contribution is -2.21. The van der Waals surface area contributed by atoms with Gasteiger partial charge in [0.15, 0.2) is 5.84 Å². The first kappa shape index (κ1) is 12.1. The van der Waals surface area contributed by atoms with Crippen molar-refractivity contribution in [2.24, 2.45) is 10.8 Å². The summed E-state index contributed by atoms with van der Waals surface area (Å²) in [5.74, 6) is -0.369. The number of anilines is 1. The van der Waals surface area contributed by atoms with Gasteiger partial charge in [0.05, 0.1) is 11.2 Å². The summed E-state index contributed by atoms with van der Waals surface area (Å²) in [6.07, 6.45) is 1.83. The molecule has 90 valence electrons. The third kappa shape index (κ3) is 2.33. The van der Waals surface area contributed by atoms with E-state index >= 15 is 0 Å². The molecule has 0 atom stereocenters. The van der Waals surface area contributed by atoms with E-state index in [0.717, 1.165) is 15.4 Å². The summed E-state index contributed by atoms with van der Waals surface area (Å²) in [4.78, 5) is 3.09. The van der Waals surface area contributed by atoms with Crippen LogP contribution in [0.5, 0.6) is 0 Å². The molecule has 0 saturated carbocycles. The molecule has 0 saturated heterocycles. The smallest absolute Gasteiger partial charge is 0.201 e. The quantitative estimate of drug-likeness (QED) is 0.396. The average Bonchev–Trinajstić information content (AvgIpc) is 2.78. The molecule has 0 fully saturated rings. The van der Waals surface area contributed by atoms with Crippen molar-refractivity contribution in [1.82, 2.24) is 4.98 Å². The molecule has 18 heavy (non-hydrogen) atoms. The normalized spacial score (nSPS) is 11.2. The lowest BCUT2D eigenvalue weighted by Gasteiger charge is -2.03. The minimum atomic E-state index is -0.369. The van der Waals surface area contributed by atoms with Crippen LogP contribution in [0.2, 0.25) is 0 Å². The van der Waals surface area contributed by atoms with Gasteiger partial charge >= 0.3 is 0 Å². The van der Waals surface area contributed by atoms with Crippen LogP contribution in [0, 0.1) is 16.7 Å². The number of nitriles is 1. The molecule has 1 aromatic heterocycles. The van der Waals surface area contributed by atoms with Crippen molar-refractivity contribution in [3.8, 4) is 6.07 Å². The van der Waals surface area contributed by atoms with Crippen LogP contribution in [0.4, 0.5) is 5.69 Å². The number of H-pyrrole nitrogens is 1. The van der Waals surface area contributed by atoms with E-state index in [1.165, 1.54) is 0 Å². The maximum absolute atomic E-state index is 8.71. The summed E-state index contributed by atoms with van der Waals surface area (Å²) < 4.78 is 0.879. The minimum absolute atomic E-state index is 0.153. The molecule has 0 aliphatic carbocycles. The number of benzene rings is 1. The molecule has 2 aromatic rings. The number of nitrogens with one attached hydrogen (secondary N) is 3. The van der Waals surface area contributed by atoms with Crippen molar-refractivity contribution in [3.05, 3.63) is 28.9 Å². The first-order valence-electron chi connectivity index (χ1n) is 4.96. The molecule has 5 N–H and O–H groups in total. The number of hydrazone groups is 1. The van der Waals surface area contributed by atoms with Gasteiger partial charge < -0.3 is 10.7 Å². The number of fused-ring (bicyclic) bond motifs is 1. The van der Waals surface area contributed by atoms with E-state index in [2.05, 4.69) is 31.4 Å². The van der Waals surface area contributed by atoms with Crippen LogP contribution in [-0.4, -0.2) is 16.5 Å². The number of hydrogen-bond acceptors (Lipinski definition) is 4. The molecule has 1 heterocycles. The second-order valence-electron chi connectivity index (χ2n) is 3.50. The van der Waals surface area contributed by atoms with Gasteiger partial charge in [0.1, 0.15) is 6.07 Å². The van der Waals surface area contributed by atoms with Crippen LogP contribution in [0.25, 0.3) is 10.9 Å². The van der Waals surface area contributed by atoms with Crippen molar-refractivity contribution in [2.75, 3.05) is 5.43 Å². The van der Waals surface area contributed by atoms with E-state index in [0.29, 0.717) is 5.69 Å². The zero-order chi connectivity index (χ0) is 13.1. The van der Waals surface area contributed by atoms with E-state index in [-0.39, 0.29) is 11.5 Å². The maximum Gasteiger partial charge on any atom is 0.201 e. The summed E-state index contributed by atoms with van der Waals surface area (Å²) in [5.41, 5.74) is 9.42. The number of aromatic nitrogens is 1. The van der Waals surface area contributed by atoms with Gasteiger partial charge in [-0.25, -0.2) is 0 Å². The van der Waals surface area contributed by atoms with Gasteiger partial charge in [-0.2, -0.15) is 10.4 Å². The summed E-state index contributed by atoms with van der Waals surface area (Å²) in [6, 6.07) is 7.35.